The molecule has 0 aliphatic heterocycles. The van der Waals surface area contributed by atoms with Gasteiger partial charge in [0, 0.05) is 12.2 Å². The summed E-state index contributed by atoms with van der Waals surface area (Å²) in [5.74, 6) is 6.63. The molecule has 0 fully saturated rings. The third kappa shape index (κ3) is 7.50. The summed E-state index contributed by atoms with van der Waals surface area (Å²) in [6.07, 6.45) is 3.57. The molecule has 0 aliphatic carbocycles. The van der Waals surface area contributed by atoms with Crippen molar-refractivity contribution in [2.24, 2.45) is 5.73 Å². The highest BCUT2D eigenvalue weighted by Crippen LogP contribution is 2.12. The molecule has 2 N–H and O–H groups in total. The van der Waals surface area contributed by atoms with E-state index < -0.39 is 0 Å². The zero-order valence-corrected chi connectivity index (χ0v) is 11.7. The predicted octanol–water partition coefficient (Wildman–Crippen LogP) is 2.58. The molecular weight excluding hydrogens is 238 g/mol. The molecule has 3 heteroatoms. The van der Waals surface area contributed by atoms with Crippen molar-refractivity contribution in [2.45, 2.75) is 26.2 Å². The van der Waals surface area contributed by atoms with E-state index in [1.165, 1.54) is 12.8 Å². The number of rotatable bonds is 8. The maximum atomic E-state index is 5.61. The Morgan fingerprint density at radius 2 is 2.05 bits per heavy atom. The molecular formula is C16H23NO2. The van der Waals surface area contributed by atoms with Crippen molar-refractivity contribution in [1.82, 2.24) is 0 Å². The van der Waals surface area contributed by atoms with Crippen LogP contribution in [0, 0.1) is 11.8 Å². The maximum absolute atomic E-state index is 5.61. The minimum absolute atomic E-state index is 0.372. The Balaban J connectivity index is 2.22. The topological polar surface area (TPSA) is 44.5 Å². The molecule has 1 aromatic rings. The molecule has 0 aliphatic rings. The second-order valence-electron chi connectivity index (χ2n) is 4.20. The Labute approximate surface area is 116 Å². The van der Waals surface area contributed by atoms with Gasteiger partial charge in [-0.15, -0.1) is 0 Å². The average molecular weight is 261 g/mol. The first-order valence-corrected chi connectivity index (χ1v) is 6.86. The van der Waals surface area contributed by atoms with Gasteiger partial charge in [-0.25, -0.2) is 0 Å². The van der Waals surface area contributed by atoms with Gasteiger partial charge in [-0.2, -0.15) is 0 Å². The van der Waals surface area contributed by atoms with Crippen LogP contribution in [0.15, 0.2) is 24.3 Å². The van der Waals surface area contributed by atoms with Gasteiger partial charge in [-0.3, -0.25) is 0 Å². The van der Waals surface area contributed by atoms with Gasteiger partial charge in [0.1, 0.15) is 12.4 Å². The summed E-state index contributed by atoms with van der Waals surface area (Å²) < 4.78 is 11.1. The van der Waals surface area contributed by atoms with E-state index in [1.807, 2.05) is 24.3 Å². The zero-order valence-electron chi connectivity index (χ0n) is 11.7. The summed E-state index contributed by atoms with van der Waals surface area (Å²) in [6.45, 7) is 4.57. The van der Waals surface area contributed by atoms with Crippen LogP contribution in [0.5, 0.6) is 5.75 Å². The number of benzene rings is 1. The molecule has 1 aromatic carbocycles. The number of hydrogen-bond acceptors (Lipinski definition) is 3. The first kappa shape index (κ1) is 15.6. The van der Waals surface area contributed by atoms with E-state index in [1.54, 1.807) is 0 Å². The lowest BCUT2D eigenvalue weighted by Gasteiger charge is -2.07. The van der Waals surface area contributed by atoms with E-state index in [4.69, 9.17) is 15.2 Å². The van der Waals surface area contributed by atoms with E-state index in [2.05, 4.69) is 18.8 Å². The highest BCUT2D eigenvalue weighted by molar-refractivity contribution is 5.39. The van der Waals surface area contributed by atoms with Crippen LogP contribution >= 0.6 is 0 Å². The van der Waals surface area contributed by atoms with Gasteiger partial charge in [0.2, 0.25) is 0 Å². The fraction of sp³-hybridized carbons (Fsp3) is 0.500. The van der Waals surface area contributed by atoms with Gasteiger partial charge in [-0.05, 0) is 24.6 Å². The molecule has 0 aromatic heterocycles. The van der Waals surface area contributed by atoms with Crippen molar-refractivity contribution in [1.29, 1.82) is 0 Å². The third-order valence-electron chi connectivity index (χ3n) is 2.56. The van der Waals surface area contributed by atoms with E-state index in [9.17, 15) is 0 Å². The number of hydrogen-bond donors (Lipinski definition) is 1. The highest BCUT2D eigenvalue weighted by atomic mass is 16.5. The Hall–Kier alpha value is -1.50. The van der Waals surface area contributed by atoms with Crippen LogP contribution in [0.4, 0.5) is 0 Å². The van der Waals surface area contributed by atoms with Gasteiger partial charge >= 0.3 is 0 Å². The summed E-state index contributed by atoms with van der Waals surface area (Å²) >= 11 is 0. The second-order valence-corrected chi connectivity index (χ2v) is 4.20. The summed E-state index contributed by atoms with van der Waals surface area (Å²) in [6, 6.07) is 7.71. The molecule has 0 amide bonds. The van der Waals surface area contributed by atoms with Gasteiger partial charge < -0.3 is 15.2 Å². The van der Waals surface area contributed by atoms with Crippen molar-refractivity contribution in [3.05, 3.63) is 29.8 Å². The molecule has 104 valence electrons. The lowest BCUT2D eigenvalue weighted by molar-refractivity contribution is 0.0973. The SMILES string of the molecule is CCCCCOCCOc1cccc(C#CCN)c1. The molecule has 0 radical (unpaired) electrons. The lowest BCUT2D eigenvalue weighted by atomic mass is 10.2. The molecule has 0 unspecified atom stereocenters. The molecule has 0 saturated carbocycles. The fourth-order valence-corrected chi connectivity index (χ4v) is 1.59. The zero-order chi connectivity index (χ0) is 13.8. The maximum Gasteiger partial charge on any atom is 0.120 e. The first-order chi connectivity index (χ1) is 9.36. The normalized spacial score (nSPS) is 9.79. The largest absolute Gasteiger partial charge is 0.491 e. The molecule has 3 nitrogen and oxygen atoms in total. The lowest BCUT2D eigenvalue weighted by Crippen LogP contribution is -2.07. The van der Waals surface area contributed by atoms with Crippen LogP contribution < -0.4 is 10.5 Å². The van der Waals surface area contributed by atoms with Crippen molar-refractivity contribution < 1.29 is 9.47 Å². The van der Waals surface area contributed by atoms with Crippen LogP contribution in [0.3, 0.4) is 0 Å². The van der Waals surface area contributed by atoms with Crippen LogP contribution in [-0.2, 0) is 4.74 Å². The monoisotopic (exact) mass is 261 g/mol. The molecule has 1 rings (SSSR count). The van der Waals surface area contributed by atoms with Crippen molar-refractivity contribution in [2.75, 3.05) is 26.4 Å². The van der Waals surface area contributed by atoms with E-state index >= 15 is 0 Å². The Bertz CT molecular complexity index is 407. The summed E-state index contributed by atoms with van der Waals surface area (Å²) in [4.78, 5) is 0. The van der Waals surface area contributed by atoms with E-state index in [0.29, 0.717) is 19.8 Å². The quantitative estimate of drug-likeness (QED) is 0.578. The standard InChI is InChI=1S/C16H23NO2/c1-2-3-4-11-18-12-13-19-16-9-5-7-15(14-16)8-6-10-17/h5,7,9,14H,2-4,10-13,17H2,1H3. The van der Waals surface area contributed by atoms with Gasteiger partial charge in [-0.1, -0.05) is 37.7 Å². The van der Waals surface area contributed by atoms with Gasteiger partial charge in [0.05, 0.1) is 13.2 Å². The van der Waals surface area contributed by atoms with Crippen LogP contribution in [0.2, 0.25) is 0 Å². The Morgan fingerprint density at radius 3 is 2.84 bits per heavy atom. The molecule has 0 saturated heterocycles. The second kappa shape index (κ2) is 10.4. The summed E-state index contributed by atoms with van der Waals surface area (Å²) in [5.41, 5.74) is 6.26. The molecule has 0 bridgehead atoms. The van der Waals surface area contributed by atoms with Crippen LogP contribution in [0.25, 0.3) is 0 Å². The predicted molar refractivity (Wildman–Crippen MR) is 78.2 cm³/mol. The number of nitrogens with two attached hydrogens (primary N) is 1. The molecule has 0 atom stereocenters. The Morgan fingerprint density at radius 1 is 1.16 bits per heavy atom. The molecule has 19 heavy (non-hydrogen) atoms. The minimum atomic E-state index is 0.372. The van der Waals surface area contributed by atoms with Gasteiger partial charge in [0.25, 0.3) is 0 Å². The number of ether oxygens (including phenoxy) is 2. The first-order valence-electron chi connectivity index (χ1n) is 6.86. The van der Waals surface area contributed by atoms with Gasteiger partial charge in [0.15, 0.2) is 0 Å². The van der Waals surface area contributed by atoms with Crippen molar-refractivity contribution in [3.8, 4) is 17.6 Å². The summed E-state index contributed by atoms with van der Waals surface area (Å²) in [5, 5.41) is 0. The third-order valence-corrected chi connectivity index (χ3v) is 2.56. The van der Waals surface area contributed by atoms with Crippen LogP contribution in [0.1, 0.15) is 31.7 Å². The minimum Gasteiger partial charge on any atom is -0.491 e. The molecule has 0 heterocycles. The van der Waals surface area contributed by atoms with E-state index in [-0.39, 0.29) is 0 Å². The van der Waals surface area contributed by atoms with Crippen molar-refractivity contribution >= 4 is 0 Å². The van der Waals surface area contributed by atoms with Crippen molar-refractivity contribution in [3.63, 3.8) is 0 Å². The summed E-state index contributed by atoms with van der Waals surface area (Å²) in [7, 11) is 0. The van der Waals surface area contributed by atoms with Crippen LogP contribution in [-0.4, -0.2) is 26.4 Å². The Kier molecular flexibility index (Phi) is 8.54. The molecule has 0 spiro atoms. The number of unbranched alkanes of at least 4 members (excludes halogenated alkanes) is 2. The highest BCUT2D eigenvalue weighted by Gasteiger charge is 1.95. The fourth-order valence-electron chi connectivity index (χ4n) is 1.59. The smallest absolute Gasteiger partial charge is 0.120 e. The van der Waals surface area contributed by atoms with E-state index in [0.717, 1.165) is 24.3 Å². The average Bonchev–Trinajstić information content (AvgIpc) is 2.44.